The number of methoxy groups -OCH3 is 1. The molecule has 2 atom stereocenters. The fourth-order valence-electron chi connectivity index (χ4n) is 3.65. The van der Waals surface area contributed by atoms with Crippen LogP contribution >= 0.6 is 0 Å². The molecule has 0 bridgehead atoms. The van der Waals surface area contributed by atoms with Crippen LogP contribution in [0.4, 0.5) is 0 Å². The minimum Gasteiger partial charge on any atom is -0.383 e. The molecule has 1 saturated carbocycles. The maximum Gasteiger partial charge on any atom is 0.122 e. The lowest BCUT2D eigenvalue weighted by Gasteiger charge is -2.38. The topological polar surface area (TPSA) is 39.5 Å². The monoisotopic (exact) mass is 341 g/mol. The summed E-state index contributed by atoms with van der Waals surface area (Å²) in [6.07, 6.45) is 7.05. The summed E-state index contributed by atoms with van der Waals surface area (Å²) in [6.45, 7) is 4.36. The van der Waals surface area contributed by atoms with Gasteiger partial charge < -0.3 is 14.0 Å². The first kappa shape index (κ1) is 16.8. The Bertz CT molecular complexity index is 669. The summed E-state index contributed by atoms with van der Waals surface area (Å²) in [7, 11) is 1.74. The summed E-state index contributed by atoms with van der Waals surface area (Å²) in [5.41, 5.74) is 1.28. The maximum atomic E-state index is 6.45. The van der Waals surface area contributed by atoms with Crippen molar-refractivity contribution in [2.75, 3.05) is 26.8 Å². The SMILES string of the molecule is COCCn1ccnc1CN1C[C@@H](c2ccccc2)O[C@@H](C2CC2)C1. The van der Waals surface area contributed by atoms with Crippen LogP contribution in [-0.4, -0.2) is 47.4 Å². The molecule has 134 valence electrons. The fraction of sp³-hybridized carbons (Fsp3) is 0.550. The normalized spacial score (nSPS) is 24.5. The van der Waals surface area contributed by atoms with Crippen LogP contribution < -0.4 is 0 Å². The maximum absolute atomic E-state index is 6.45. The molecule has 5 nitrogen and oxygen atoms in total. The van der Waals surface area contributed by atoms with Crippen molar-refractivity contribution in [2.24, 2.45) is 5.92 Å². The first-order valence-electron chi connectivity index (χ1n) is 9.25. The Morgan fingerprint density at radius 3 is 2.80 bits per heavy atom. The molecule has 2 fully saturated rings. The van der Waals surface area contributed by atoms with Crippen molar-refractivity contribution >= 4 is 0 Å². The number of morpholine rings is 1. The second-order valence-corrected chi connectivity index (χ2v) is 7.14. The van der Waals surface area contributed by atoms with E-state index in [1.807, 2.05) is 12.4 Å². The summed E-state index contributed by atoms with van der Waals surface area (Å²) in [4.78, 5) is 7.08. The van der Waals surface area contributed by atoms with Crippen LogP contribution in [0.1, 0.15) is 30.3 Å². The number of nitrogens with zero attached hydrogens (tertiary/aromatic N) is 3. The van der Waals surface area contributed by atoms with Gasteiger partial charge in [0.2, 0.25) is 0 Å². The quantitative estimate of drug-likeness (QED) is 0.776. The van der Waals surface area contributed by atoms with Crippen molar-refractivity contribution in [1.82, 2.24) is 14.5 Å². The highest BCUT2D eigenvalue weighted by Gasteiger charge is 2.38. The van der Waals surface area contributed by atoms with Gasteiger partial charge in [0.25, 0.3) is 0 Å². The number of hydrogen-bond acceptors (Lipinski definition) is 4. The molecule has 0 unspecified atom stereocenters. The molecule has 0 N–H and O–H groups in total. The van der Waals surface area contributed by atoms with Gasteiger partial charge in [-0.05, 0) is 24.3 Å². The van der Waals surface area contributed by atoms with E-state index < -0.39 is 0 Å². The third-order valence-corrected chi connectivity index (χ3v) is 5.22. The molecule has 1 saturated heterocycles. The van der Waals surface area contributed by atoms with E-state index in [9.17, 15) is 0 Å². The van der Waals surface area contributed by atoms with Crippen molar-refractivity contribution < 1.29 is 9.47 Å². The molecule has 0 spiro atoms. The van der Waals surface area contributed by atoms with Gasteiger partial charge in [-0.15, -0.1) is 0 Å². The Kier molecular flexibility index (Phi) is 5.15. The molecule has 1 aliphatic carbocycles. The van der Waals surface area contributed by atoms with Gasteiger partial charge in [0.05, 0.1) is 25.4 Å². The van der Waals surface area contributed by atoms with Crippen LogP contribution in [0.3, 0.4) is 0 Å². The molecule has 25 heavy (non-hydrogen) atoms. The minimum absolute atomic E-state index is 0.155. The van der Waals surface area contributed by atoms with Gasteiger partial charge >= 0.3 is 0 Å². The van der Waals surface area contributed by atoms with E-state index in [2.05, 4.69) is 44.8 Å². The van der Waals surface area contributed by atoms with Crippen LogP contribution in [0.5, 0.6) is 0 Å². The average molecular weight is 341 g/mol. The van der Waals surface area contributed by atoms with E-state index in [1.54, 1.807) is 7.11 Å². The highest BCUT2D eigenvalue weighted by atomic mass is 16.5. The Morgan fingerprint density at radius 2 is 2.04 bits per heavy atom. The number of rotatable bonds is 7. The first-order valence-corrected chi connectivity index (χ1v) is 9.25. The highest BCUT2D eigenvalue weighted by molar-refractivity contribution is 5.18. The summed E-state index contributed by atoms with van der Waals surface area (Å²) in [5.74, 6) is 1.85. The molecule has 2 heterocycles. The minimum atomic E-state index is 0.155. The molecule has 2 aromatic rings. The van der Waals surface area contributed by atoms with E-state index in [4.69, 9.17) is 9.47 Å². The zero-order chi connectivity index (χ0) is 17.1. The summed E-state index contributed by atoms with van der Waals surface area (Å²) in [5, 5.41) is 0. The van der Waals surface area contributed by atoms with E-state index in [1.165, 1.54) is 18.4 Å². The molecular formula is C20H27N3O2. The first-order chi connectivity index (χ1) is 12.3. The van der Waals surface area contributed by atoms with Gasteiger partial charge in [0.15, 0.2) is 0 Å². The van der Waals surface area contributed by atoms with Gasteiger partial charge in [0.1, 0.15) is 5.82 Å². The zero-order valence-corrected chi connectivity index (χ0v) is 14.9. The molecule has 1 aromatic carbocycles. The Hall–Kier alpha value is -1.69. The van der Waals surface area contributed by atoms with E-state index in [0.29, 0.717) is 12.7 Å². The van der Waals surface area contributed by atoms with Crippen molar-refractivity contribution in [3.05, 3.63) is 54.1 Å². The van der Waals surface area contributed by atoms with Gasteiger partial charge in [-0.25, -0.2) is 4.98 Å². The lowest BCUT2D eigenvalue weighted by molar-refractivity contribution is -0.0993. The molecule has 4 rings (SSSR count). The third-order valence-electron chi connectivity index (χ3n) is 5.22. The van der Waals surface area contributed by atoms with Crippen LogP contribution in [0.15, 0.2) is 42.7 Å². The summed E-state index contributed by atoms with van der Waals surface area (Å²) < 4.78 is 13.9. The van der Waals surface area contributed by atoms with Crippen molar-refractivity contribution in [3.8, 4) is 0 Å². The molecule has 5 heteroatoms. The fourth-order valence-corrected chi connectivity index (χ4v) is 3.65. The predicted octanol–water partition coefficient (Wildman–Crippen LogP) is 2.88. The van der Waals surface area contributed by atoms with Gasteiger partial charge in [-0.2, -0.15) is 0 Å². The van der Waals surface area contributed by atoms with E-state index in [-0.39, 0.29) is 6.10 Å². The van der Waals surface area contributed by atoms with E-state index >= 15 is 0 Å². The van der Waals surface area contributed by atoms with Crippen LogP contribution in [-0.2, 0) is 22.6 Å². The number of aromatic nitrogens is 2. The highest BCUT2D eigenvalue weighted by Crippen LogP contribution is 2.39. The van der Waals surface area contributed by atoms with Crippen molar-refractivity contribution in [3.63, 3.8) is 0 Å². The molecule has 2 aliphatic rings. The number of ether oxygens (including phenoxy) is 2. The van der Waals surface area contributed by atoms with Gasteiger partial charge in [-0.3, -0.25) is 4.90 Å². The average Bonchev–Trinajstić information content (AvgIpc) is 3.42. The van der Waals surface area contributed by atoms with Crippen molar-refractivity contribution in [1.29, 1.82) is 0 Å². The zero-order valence-electron chi connectivity index (χ0n) is 14.9. The lowest BCUT2D eigenvalue weighted by Crippen LogP contribution is -2.44. The standard InChI is InChI=1S/C20H27N3O2/c1-24-12-11-23-10-9-21-20(23)15-22-13-18(16-5-3-2-4-6-16)25-19(14-22)17-7-8-17/h2-6,9-10,17-19H,7-8,11-15H2,1H3/t18-,19+/m0/s1. The van der Waals surface area contributed by atoms with Crippen molar-refractivity contribution in [2.45, 2.75) is 38.1 Å². The molecule has 0 radical (unpaired) electrons. The smallest absolute Gasteiger partial charge is 0.122 e. The molecular weight excluding hydrogens is 314 g/mol. The van der Waals surface area contributed by atoms with Crippen LogP contribution in [0.25, 0.3) is 0 Å². The summed E-state index contributed by atoms with van der Waals surface area (Å²) >= 11 is 0. The van der Waals surface area contributed by atoms with Gasteiger partial charge in [0, 0.05) is 39.1 Å². The number of imidazole rings is 1. The number of hydrogen-bond donors (Lipinski definition) is 0. The Morgan fingerprint density at radius 1 is 1.20 bits per heavy atom. The molecule has 1 aromatic heterocycles. The summed E-state index contributed by atoms with van der Waals surface area (Å²) in [6, 6.07) is 10.6. The Labute approximate surface area is 149 Å². The van der Waals surface area contributed by atoms with Crippen LogP contribution in [0.2, 0.25) is 0 Å². The number of benzene rings is 1. The predicted molar refractivity (Wildman–Crippen MR) is 96.2 cm³/mol. The molecule has 0 amide bonds. The Balaban J connectivity index is 1.47. The lowest BCUT2D eigenvalue weighted by atomic mass is 10.0. The van der Waals surface area contributed by atoms with Gasteiger partial charge in [-0.1, -0.05) is 30.3 Å². The second kappa shape index (κ2) is 7.68. The molecule has 1 aliphatic heterocycles. The van der Waals surface area contributed by atoms with E-state index in [0.717, 1.165) is 37.9 Å². The third kappa shape index (κ3) is 4.11. The largest absolute Gasteiger partial charge is 0.383 e. The second-order valence-electron chi connectivity index (χ2n) is 7.14. The van der Waals surface area contributed by atoms with Crippen LogP contribution in [0, 0.1) is 5.92 Å².